The maximum atomic E-state index is 11.9. The lowest BCUT2D eigenvalue weighted by Gasteiger charge is -2.10. The number of aromatic hydroxyl groups is 1. The van der Waals surface area contributed by atoms with E-state index in [4.69, 9.17) is 27.9 Å². The van der Waals surface area contributed by atoms with Crippen molar-refractivity contribution in [3.63, 3.8) is 0 Å². The van der Waals surface area contributed by atoms with Gasteiger partial charge in [0.05, 0.1) is 23.4 Å². The van der Waals surface area contributed by atoms with Crippen molar-refractivity contribution in [2.24, 2.45) is 0 Å². The number of carbonyl (C=O) groups is 2. The van der Waals surface area contributed by atoms with Gasteiger partial charge >= 0.3 is 5.97 Å². The molecule has 0 saturated carbocycles. The number of ether oxygens (including phenoxy) is 2. The number of phenolic OH excluding ortho intramolecular Hbond substituents is 1. The summed E-state index contributed by atoms with van der Waals surface area (Å²) in [4.78, 5) is 23.2. The average Bonchev–Trinajstić information content (AvgIpc) is 2.56. The Hall–Kier alpha value is -2.44. The number of anilines is 1. The summed E-state index contributed by atoms with van der Waals surface area (Å²) >= 11 is 11.8. The van der Waals surface area contributed by atoms with Crippen LogP contribution in [0.4, 0.5) is 5.69 Å². The smallest absolute Gasteiger partial charge is 0.337 e. The van der Waals surface area contributed by atoms with Crippen molar-refractivity contribution in [1.82, 2.24) is 0 Å². The number of benzene rings is 2. The highest BCUT2D eigenvalue weighted by Crippen LogP contribution is 2.28. The maximum Gasteiger partial charge on any atom is 0.337 e. The van der Waals surface area contributed by atoms with E-state index < -0.39 is 11.9 Å². The Bertz CT molecular complexity index is 779. The Labute approximate surface area is 147 Å². The minimum Gasteiger partial charge on any atom is -0.506 e. The van der Waals surface area contributed by atoms with Crippen LogP contribution in [-0.2, 0) is 9.53 Å². The van der Waals surface area contributed by atoms with Gasteiger partial charge < -0.3 is 19.9 Å². The van der Waals surface area contributed by atoms with Gasteiger partial charge in [0.25, 0.3) is 5.91 Å². The van der Waals surface area contributed by atoms with Crippen molar-refractivity contribution >= 4 is 40.8 Å². The van der Waals surface area contributed by atoms with Gasteiger partial charge in [-0.2, -0.15) is 0 Å². The topological polar surface area (TPSA) is 84.9 Å². The molecule has 2 aromatic rings. The molecule has 2 rings (SSSR count). The Morgan fingerprint density at radius 3 is 2.58 bits per heavy atom. The normalized spacial score (nSPS) is 10.1. The molecule has 0 unspecified atom stereocenters. The molecule has 0 saturated heterocycles. The molecule has 2 aromatic carbocycles. The fraction of sp³-hybridized carbons (Fsp3) is 0.125. The lowest BCUT2D eigenvalue weighted by atomic mass is 10.2. The van der Waals surface area contributed by atoms with Crippen LogP contribution < -0.4 is 10.1 Å². The molecule has 0 aliphatic heterocycles. The van der Waals surface area contributed by atoms with E-state index in [2.05, 4.69) is 10.1 Å². The van der Waals surface area contributed by atoms with Crippen LogP contribution in [0.15, 0.2) is 36.4 Å². The molecule has 0 bridgehead atoms. The minimum atomic E-state index is -0.595. The Kier molecular flexibility index (Phi) is 5.89. The van der Waals surface area contributed by atoms with E-state index in [1.54, 1.807) is 12.1 Å². The number of esters is 1. The van der Waals surface area contributed by atoms with Crippen molar-refractivity contribution in [1.29, 1.82) is 0 Å². The molecule has 0 radical (unpaired) electrons. The van der Waals surface area contributed by atoms with Crippen LogP contribution in [-0.4, -0.2) is 30.7 Å². The highest BCUT2D eigenvalue weighted by molar-refractivity contribution is 6.34. The zero-order valence-electron chi connectivity index (χ0n) is 12.5. The number of carbonyl (C=O) groups excluding carboxylic acids is 2. The van der Waals surface area contributed by atoms with Crippen molar-refractivity contribution in [3.05, 3.63) is 52.0 Å². The molecule has 126 valence electrons. The monoisotopic (exact) mass is 369 g/mol. The van der Waals surface area contributed by atoms with Gasteiger partial charge in [0.1, 0.15) is 11.5 Å². The third-order valence-corrected chi connectivity index (χ3v) is 3.49. The molecule has 0 spiro atoms. The average molecular weight is 370 g/mol. The van der Waals surface area contributed by atoms with Gasteiger partial charge in [-0.15, -0.1) is 0 Å². The van der Waals surface area contributed by atoms with Gasteiger partial charge in [0.15, 0.2) is 6.61 Å². The summed E-state index contributed by atoms with van der Waals surface area (Å²) in [5.74, 6) is -1.12. The van der Waals surface area contributed by atoms with Crippen LogP contribution in [0.1, 0.15) is 10.4 Å². The van der Waals surface area contributed by atoms with E-state index in [1.165, 1.54) is 31.4 Å². The van der Waals surface area contributed by atoms with Crippen LogP contribution in [0.2, 0.25) is 10.0 Å². The van der Waals surface area contributed by atoms with Crippen LogP contribution in [0, 0.1) is 0 Å². The van der Waals surface area contributed by atoms with Crippen LogP contribution in [0.3, 0.4) is 0 Å². The van der Waals surface area contributed by atoms with Crippen LogP contribution in [0.25, 0.3) is 0 Å². The van der Waals surface area contributed by atoms with E-state index in [0.29, 0.717) is 10.0 Å². The molecule has 2 N–H and O–H groups in total. The number of halogens is 2. The van der Waals surface area contributed by atoms with E-state index in [0.717, 1.165) is 0 Å². The second-order valence-corrected chi connectivity index (χ2v) is 5.48. The van der Waals surface area contributed by atoms with Gasteiger partial charge in [-0.25, -0.2) is 4.79 Å². The molecule has 8 heteroatoms. The standard InChI is InChI=1S/C16H13Cl2NO5/c1-23-16(22)9-2-5-12(13(20)6-9)19-15(21)8-24-14-7-10(17)3-4-11(14)18/h2-7,20H,8H2,1H3,(H,19,21). The largest absolute Gasteiger partial charge is 0.506 e. The zero-order valence-corrected chi connectivity index (χ0v) is 14.0. The first-order valence-electron chi connectivity index (χ1n) is 6.69. The number of amides is 1. The molecule has 6 nitrogen and oxygen atoms in total. The minimum absolute atomic E-state index is 0.133. The van der Waals surface area contributed by atoms with Crippen molar-refractivity contribution in [2.75, 3.05) is 19.0 Å². The fourth-order valence-corrected chi connectivity index (χ4v) is 2.13. The number of hydrogen-bond acceptors (Lipinski definition) is 5. The maximum absolute atomic E-state index is 11.9. The molecule has 0 aliphatic rings. The molecule has 0 aliphatic carbocycles. The predicted octanol–water partition coefficient (Wildman–Crippen LogP) is 3.50. The van der Waals surface area contributed by atoms with Crippen molar-refractivity contribution < 1.29 is 24.2 Å². The Morgan fingerprint density at radius 1 is 1.17 bits per heavy atom. The Morgan fingerprint density at radius 2 is 1.92 bits per heavy atom. The van der Waals surface area contributed by atoms with Gasteiger partial charge in [-0.05, 0) is 30.3 Å². The lowest BCUT2D eigenvalue weighted by Crippen LogP contribution is -2.20. The van der Waals surface area contributed by atoms with E-state index >= 15 is 0 Å². The third-order valence-electron chi connectivity index (χ3n) is 2.94. The molecule has 0 aromatic heterocycles. The molecule has 0 heterocycles. The summed E-state index contributed by atoms with van der Waals surface area (Å²) in [6, 6.07) is 8.61. The highest BCUT2D eigenvalue weighted by Gasteiger charge is 2.12. The second kappa shape index (κ2) is 7.90. The summed E-state index contributed by atoms with van der Waals surface area (Å²) in [5.41, 5.74) is 0.295. The van der Waals surface area contributed by atoms with Gasteiger partial charge in [0.2, 0.25) is 0 Å². The summed E-state index contributed by atoms with van der Waals surface area (Å²) < 4.78 is 9.83. The summed E-state index contributed by atoms with van der Waals surface area (Å²) in [5, 5.41) is 13.0. The van der Waals surface area contributed by atoms with Crippen molar-refractivity contribution in [3.8, 4) is 11.5 Å². The predicted molar refractivity (Wildman–Crippen MR) is 90.0 cm³/mol. The van der Waals surface area contributed by atoms with Gasteiger partial charge in [0, 0.05) is 11.1 Å². The summed E-state index contributed by atoms with van der Waals surface area (Å²) in [6.45, 7) is -0.335. The van der Waals surface area contributed by atoms with Gasteiger partial charge in [-0.3, -0.25) is 4.79 Å². The summed E-state index contributed by atoms with van der Waals surface area (Å²) in [6.07, 6.45) is 0. The fourth-order valence-electron chi connectivity index (χ4n) is 1.80. The summed E-state index contributed by atoms with van der Waals surface area (Å²) in [7, 11) is 1.23. The van der Waals surface area contributed by atoms with E-state index in [-0.39, 0.29) is 29.4 Å². The Balaban J connectivity index is 1.99. The molecule has 24 heavy (non-hydrogen) atoms. The zero-order chi connectivity index (χ0) is 17.7. The molecule has 1 amide bonds. The number of rotatable bonds is 5. The second-order valence-electron chi connectivity index (χ2n) is 4.64. The molecule has 0 fully saturated rings. The van der Waals surface area contributed by atoms with E-state index in [1.807, 2.05) is 0 Å². The SMILES string of the molecule is COC(=O)c1ccc(NC(=O)COc2cc(Cl)ccc2Cl)c(O)c1. The number of phenols is 1. The number of hydrogen-bond donors (Lipinski definition) is 2. The van der Waals surface area contributed by atoms with Crippen molar-refractivity contribution in [2.45, 2.75) is 0 Å². The number of nitrogens with one attached hydrogen (secondary N) is 1. The first kappa shape index (κ1) is 17.9. The quantitative estimate of drug-likeness (QED) is 0.622. The van der Waals surface area contributed by atoms with Crippen LogP contribution in [0.5, 0.6) is 11.5 Å². The number of methoxy groups -OCH3 is 1. The molecular weight excluding hydrogens is 357 g/mol. The van der Waals surface area contributed by atoms with Crippen LogP contribution >= 0.6 is 23.2 Å². The highest BCUT2D eigenvalue weighted by atomic mass is 35.5. The first-order chi connectivity index (χ1) is 11.4. The lowest BCUT2D eigenvalue weighted by molar-refractivity contribution is -0.118. The third kappa shape index (κ3) is 4.53. The molecular formula is C16H13Cl2NO5. The van der Waals surface area contributed by atoms with Gasteiger partial charge in [-0.1, -0.05) is 23.2 Å². The molecule has 0 atom stereocenters. The first-order valence-corrected chi connectivity index (χ1v) is 7.45. The van der Waals surface area contributed by atoms with E-state index in [9.17, 15) is 14.7 Å².